The Morgan fingerprint density at radius 3 is 2.94 bits per heavy atom. The SMILES string of the molecule is COC(=O)Nc1cccc(N2CC(Cl)CC2=O)c1. The second kappa shape index (κ2) is 5.27. The van der Waals surface area contributed by atoms with Crippen molar-refractivity contribution < 1.29 is 14.3 Å². The van der Waals surface area contributed by atoms with Gasteiger partial charge < -0.3 is 9.64 Å². The molecule has 1 N–H and O–H groups in total. The molecule has 2 rings (SSSR count). The Hall–Kier alpha value is -1.75. The molecule has 0 spiro atoms. The molecule has 1 aromatic rings. The van der Waals surface area contributed by atoms with Gasteiger partial charge >= 0.3 is 6.09 Å². The van der Waals surface area contributed by atoms with Crippen LogP contribution in [0.5, 0.6) is 0 Å². The van der Waals surface area contributed by atoms with Gasteiger partial charge in [0.05, 0.1) is 12.5 Å². The molecule has 0 bridgehead atoms. The van der Waals surface area contributed by atoms with Gasteiger partial charge in [0.2, 0.25) is 5.91 Å². The normalized spacial score (nSPS) is 18.9. The van der Waals surface area contributed by atoms with Crippen molar-refractivity contribution in [3.63, 3.8) is 0 Å². The largest absolute Gasteiger partial charge is 0.453 e. The zero-order chi connectivity index (χ0) is 13.1. The van der Waals surface area contributed by atoms with Crippen LogP contribution in [-0.4, -0.2) is 31.0 Å². The lowest BCUT2D eigenvalue weighted by Gasteiger charge is -2.16. The Labute approximate surface area is 110 Å². The molecule has 5 nitrogen and oxygen atoms in total. The lowest BCUT2D eigenvalue weighted by Crippen LogP contribution is -2.24. The molecule has 0 aliphatic carbocycles. The summed E-state index contributed by atoms with van der Waals surface area (Å²) in [5.41, 5.74) is 1.29. The lowest BCUT2D eigenvalue weighted by molar-refractivity contribution is -0.117. The molecule has 1 saturated heterocycles. The molecule has 1 aromatic carbocycles. The molecule has 96 valence electrons. The van der Waals surface area contributed by atoms with Crippen LogP contribution < -0.4 is 10.2 Å². The van der Waals surface area contributed by atoms with E-state index in [2.05, 4.69) is 10.1 Å². The number of halogens is 1. The topological polar surface area (TPSA) is 58.6 Å². The maximum atomic E-state index is 11.7. The van der Waals surface area contributed by atoms with Crippen molar-refractivity contribution in [1.29, 1.82) is 0 Å². The standard InChI is InChI=1S/C12H13ClN2O3/c1-18-12(17)14-9-3-2-4-10(6-9)15-7-8(13)5-11(15)16/h2-4,6,8H,5,7H2,1H3,(H,14,17). The van der Waals surface area contributed by atoms with Crippen LogP contribution in [0.4, 0.5) is 16.2 Å². The van der Waals surface area contributed by atoms with Crippen molar-refractivity contribution in [3.05, 3.63) is 24.3 Å². The third kappa shape index (κ3) is 2.73. The van der Waals surface area contributed by atoms with Crippen molar-refractivity contribution in [2.75, 3.05) is 23.9 Å². The van der Waals surface area contributed by atoms with Gasteiger partial charge in [0.25, 0.3) is 0 Å². The third-order valence-electron chi connectivity index (χ3n) is 2.67. The van der Waals surface area contributed by atoms with E-state index in [1.165, 1.54) is 7.11 Å². The summed E-state index contributed by atoms with van der Waals surface area (Å²) in [5.74, 6) is -0.00906. The molecule has 1 unspecified atom stereocenters. The van der Waals surface area contributed by atoms with Gasteiger partial charge in [-0.25, -0.2) is 4.79 Å². The summed E-state index contributed by atoms with van der Waals surface area (Å²) < 4.78 is 4.51. The first kappa shape index (κ1) is 12.7. The highest BCUT2D eigenvalue weighted by Crippen LogP contribution is 2.26. The molecule has 1 atom stereocenters. The monoisotopic (exact) mass is 268 g/mol. The number of rotatable bonds is 2. The number of anilines is 2. The van der Waals surface area contributed by atoms with Crippen LogP contribution in [0.1, 0.15) is 6.42 Å². The molecule has 0 radical (unpaired) electrons. The van der Waals surface area contributed by atoms with Crippen LogP contribution in [0.25, 0.3) is 0 Å². The van der Waals surface area contributed by atoms with Crippen molar-refractivity contribution in [2.45, 2.75) is 11.8 Å². The van der Waals surface area contributed by atoms with E-state index in [0.717, 1.165) is 5.69 Å². The highest BCUT2D eigenvalue weighted by atomic mass is 35.5. The van der Waals surface area contributed by atoms with Crippen molar-refractivity contribution in [3.8, 4) is 0 Å². The summed E-state index contributed by atoms with van der Waals surface area (Å²) in [5, 5.41) is 2.39. The van der Waals surface area contributed by atoms with Gasteiger partial charge in [-0.1, -0.05) is 6.07 Å². The van der Waals surface area contributed by atoms with Gasteiger partial charge in [0, 0.05) is 24.3 Å². The number of nitrogens with zero attached hydrogens (tertiary/aromatic N) is 1. The number of benzene rings is 1. The quantitative estimate of drug-likeness (QED) is 0.837. The second-order valence-electron chi connectivity index (χ2n) is 3.97. The van der Waals surface area contributed by atoms with E-state index in [-0.39, 0.29) is 11.3 Å². The Kier molecular flexibility index (Phi) is 3.72. The second-order valence-corrected chi connectivity index (χ2v) is 4.59. The number of hydrogen-bond donors (Lipinski definition) is 1. The zero-order valence-electron chi connectivity index (χ0n) is 9.85. The highest BCUT2D eigenvalue weighted by Gasteiger charge is 2.29. The molecule has 1 aliphatic rings. The highest BCUT2D eigenvalue weighted by molar-refractivity contribution is 6.24. The van der Waals surface area contributed by atoms with E-state index in [9.17, 15) is 9.59 Å². The molecule has 2 amide bonds. The molecule has 0 saturated carbocycles. The average molecular weight is 269 g/mol. The van der Waals surface area contributed by atoms with Crippen LogP contribution >= 0.6 is 11.6 Å². The Morgan fingerprint density at radius 2 is 2.33 bits per heavy atom. The first-order chi connectivity index (χ1) is 8.60. The Bertz CT molecular complexity index is 478. The number of alkyl halides is 1. The van der Waals surface area contributed by atoms with Gasteiger partial charge in [-0.05, 0) is 18.2 Å². The minimum Gasteiger partial charge on any atom is -0.453 e. The minimum absolute atomic E-state index is 0.00906. The third-order valence-corrected chi connectivity index (χ3v) is 2.96. The number of methoxy groups -OCH3 is 1. The van der Waals surface area contributed by atoms with Gasteiger partial charge in [-0.15, -0.1) is 11.6 Å². The molecule has 1 heterocycles. The summed E-state index contributed by atoms with van der Waals surface area (Å²) in [7, 11) is 1.29. The molecular formula is C12H13ClN2O3. The van der Waals surface area contributed by atoms with Crippen LogP contribution in [0.3, 0.4) is 0 Å². The number of hydrogen-bond acceptors (Lipinski definition) is 3. The van der Waals surface area contributed by atoms with Crippen LogP contribution in [0.2, 0.25) is 0 Å². The lowest BCUT2D eigenvalue weighted by atomic mass is 10.2. The number of amides is 2. The number of ether oxygens (including phenoxy) is 1. The summed E-state index contributed by atoms with van der Waals surface area (Å²) in [4.78, 5) is 24.4. The van der Waals surface area contributed by atoms with Gasteiger partial charge in [-0.2, -0.15) is 0 Å². The molecule has 18 heavy (non-hydrogen) atoms. The smallest absolute Gasteiger partial charge is 0.411 e. The molecule has 0 aromatic heterocycles. The summed E-state index contributed by atoms with van der Waals surface area (Å²) in [6.07, 6.45) is -0.203. The van der Waals surface area contributed by atoms with Crippen molar-refractivity contribution >= 4 is 35.0 Å². The summed E-state index contributed by atoms with van der Waals surface area (Å²) in [6.45, 7) is 0.488. The first-order valence-corrected chi connectivity index (χ1v) is 5.93. The van der Waals surface area contributed by atoms with Crippen LogP contribution in [0, 0.1) is 0 Å². The van der Waals surface area contributed by atoms with E-state index in [1.54, 1.807) is 29.2 Å². The van der Waals surface area contributed by atoms with Crippen LogP contribution in [-0.2, 0) is 9.53 Å². The zero-order valence-corrected chi connectivity index (χ0v) is 10.6. The van der Waals surface area contributed by atoms with E-state index in [4.69, 9.17) is 11.6 Å². The summed E-state index contributed by atoms with van der Waals surface area (Å²) in [6, 6.07) is 6.99. The number of carbonyl (C=O) groups is 2. The van der Waals surface area contributed by atoms with Crippen molar-refractivity contribution in [1.82, 2.24) is 0 Å². The molecule has 6 heteroatoms. The molecule has 1 fully saturated rings. The minimum atomic E-state index is -0.546. The van der Waals surface area contributed by atoms with E-state index in [1.807, 2.05) is 0 Å². The van der Waals surface area contributed by atoms with E-state index < -0.39 is 6.09 Å². The molecular weight excluding hydrogens is 256 g/mol. The maximum Gasteiger partial charge on any atom is 0.411 e. The van der Waals surface area contributed by atoms with E-state index >= 15 is 0 Å². The fourth-order valence-electron chi connectivity index (χ4n) is 1.83. The Morgan fingerprint density at radius 1 is 1.56 bits per heavy atom. The maximum absolute atomic E-state index is 11.7. The fraction of sp³-hybridized carbons (Fsp3) is 0.333. The predicted octanol–water partition coefficient (Wildman–Crippen LogP) is 2.21. The van der Waals surface area contributed by atoms with Gasteiger partial charge in [-0.3, -0.25) is 10.1 Å². The van der Waals surface area contributed by atoms with Crippen molar-refractivity contribution in [2.24, 2.45) is 0 Å². The fourth-order valence-corrected chi connectivity index (χ4v) is 2.10. The molecule has 1 aliphatic heterocycles. The average Bonchev–Trinajstić information content (AvgIpc) is 2.68. The summed E-state index contributed by atoms with van der Waals surface area (Å²) >= 11 is 5.95. The predicted molar refractivity (Wildman–Crippen MR) is 69.1 cm³/mol. The Balaban J connectivity index is 2.17. The number of carbonyl (C=O) groups excluding carboxylic acids is 2. The van der Waals surface area contributed by atoms with Gasteiger partial charge in [0.1, 0.15) is 0 Å². The van der Waals surface area contributed by atoms with Crippen LogP contribution in [0.15, 0.2) is 24.3 Å². The number of nitrogens with one attached hydrogen (secondary N) is 1. The first-order valence-electron chi connectivity index (χ1n) is 5.49. The van der Waals surface area contributed by atoms with E-state index in [0.29, 0.717) is 18.7 Å². The van der Waals surface area contributed by atoms with Gasteiger partial charge in [0.15, 0.2) is 0 Å².